The number of ketones is 1. The molecule has 151 valence electrons. The number of ether oxygens (including phenoxy) is 2. The van der Waals surface area contributed by atoms with Crippen LogP contribution in [0.2, 0.25) is 0 Å². The van der Waals surface area contributed by atoms with E-state index >= 15 is 0 Å². The number of sulfone groups is 1. The number of carbonyl (C=O) groups is 1. The minimum absolute atomic E-state index is 0. The van der Waals surface area contributed by atoms with Crippen molar-refractivity contribution in [3.8, 4) is 5.88 Å². The second kappa shape index (κ2) is 7.79. The number of fused-ring (bicyclic) bond motifs is 2. The van der Waals surface area contributed by atoms with Crippen LogP contribution in [0.25, 0.3) is 0 Å². The molecule has 10 heteroatoms. The Bertz CT molecular complexity index is 1090. The first-order chi connectivity index (χ1) is 13.2. The molecule has 0 saturated carbocycles. The zero-order valence-electron chi connectivity index (χ0n) is 17.0. The van der Waals surface area contributed by atoms with Gasteiger partial charge in [0.15, 0.2) is 21.4 Å². The van der Waals surface area contributed by atoms with E-state index in [9.17, 15) is 18.3 Å². The Hall–Kier alpha value is -1.23. The minimum Gasteiger partial charge on any atom is -0.493 e. The van der Waals surface area contributed by atoms with Crippen molar-refractivity contribution >= 4 is 45.2 Å². The van der Waals surface area contributed by atoms with E-state index in [1.807, 2.05) is 0 Å². The zero-order chi connectivity index (χ0) is 20.3. The average molecular weight is 429 g/mol. The average Bonchev–Trinajstić information content (AvgIpc) is 3.27. The predicted octanol–water partition coefficient (Wildman–Crippen LogP) is 1.45. The molecule has 1 aromatic carbocycles. The topological polar surface area (TPSA) is 108 Å². The van der Waals surface area contributed by atoms with E-state index in [4.69, 9.17) is 9.47 Å². The Morgan fingerprint density at radius 1 is 1.28 bits per heavy atom. The van der Waals surface area contributed by atoms with Crippen LogP contribution in [0.5, 0.6) is 5.88 Å². The van der Waals surface area contributed by atoms with Gasteiger partial charge < -0.3 is 14.6 Å². The third-order valence-electron chi connectivity index (χ3n) is 5.47. The molecule has 1 aromatic heterocycles. The molecule has 3 heterocycles. The second-order valence-corrected chi connectivity index (χ2v) is 9.16. The molecule has 29 heavy (non-hydrogen) atoms. The van der Waals surface area contributed by atoms with Gasteiger partial charge in [0.2, 0.25) is 5.88 Å². The van der Waals surface area contributed by atoms with E-state index in [-0.39, 0.29) is 58.1 Å². The summed E-state index contributed by atoms with van der Waals surface area (Å²) in [4.78, 5) is 13.4. The first-order valence-corrected chi connectivity index (χ1v) is 10.8. The maximum atomic E-state index is 13.2. The van der Waals surface area contributed by atoms with Crippen molar-refractivity contribution in [2.24, 2.45) is 0 Å². The Morgan fingerprint density at radius 3 is 2.52 bits per heavy atom. The number of rotatable bonds is 3. The summed E-state index contributed by atoms with van der Waals surface area (Å²) in [5.74, 6) is -1.85. The fourth-order valence-corrected chi connectivity index (χ4v) is 6.05. The Kier molecular flexibility index (Phi) is 6.03. The zero-order valence-corrected chi connectivity index (χ0v) is 19.8. The monoisotopic (exact) mass is 429 g/mol. The van der Waals surface area contributed by atoms with Crippen molar-refractivity contribution in [1.82, 2.24) is 9.78 Å². The van der Waals surface area contributed by atoms with E-state index in [2.05, 4.69) is 5.10 Å². The molecular formula is C19H22N2NaO6S. The van der Waals surface area contributed by atoms with Crippen molar-refractivity contribution in [1.29, 1.82) is 0 Å². The molecule has 1 spiro atoms. The van der Waals surface area contributed by atoms with Gasteiger partial charge in [0.05, 0.1) is 30.1 Å². The van der Waals surface area contributed by atoms with Crippen LogP contribution in [-0.2, 0) is 31.6 Å². The van der Waals surface area contributed by atoms with Crippen molar-refractivity contribution in [2.45, 2.75) is 44.4 Å². The molecule has 2 aliphatic rings. The largest absolute Gasteiger partial charge is 0.493 e. The molecule has 1 saturated heterocycles. The van der Waals surface area contributed by atoms with Gasteiger partial charge >= 0.3 is 0 Å². The second-order valence-electron chi connectivity index (χ2n) is 7.12. The Labute approximate surface area is 191 Å². The molecule has 8 nitrogen and oxygen atoms in total. The smallest absolute Gasteiger partial charge is 0.220 e. The number of hydrogen-bond donors (Lipinski definition) is 1. The number of carbonyl (C=O) groups excluding carboxylic acids is 1. The van der Waals surface area contributed by atoms with E-state index in [0.29, 0.717) is 42.0 Å². The van der Waals surface area contributed by atoms with Crippen molar-refractivity contribution in [3.63, 3.8) is 0 Å². The molecule has 0 amide bonds. The summed E-state index contributed by atoms with van der Waals surface area (Å²) in [5, 5.41) is 14.3. The molecule has 1 radical (unpaired) electrons. The van der Waals surface area contributed by atoms with Gasteiger partial charge in [-0.05, 0) is 38.0 Å². The van der Waals surface area contributed by atoms with Crippen LogP contribution < -0.4 is 0 Å². The number of hydrogen-bond acceptors (Lipinski definition) is 7. The van der Waals surface area contributed by atoms with Gasteiger partial charge in [0.25, 0.3) is 0 Å². The van der Waals surface area contributed by atoms with Gasteiger partial charge in [-0.15, -0.1) is 0 Å². The summed E-state index contributed by atoms with van der Waals surface area (Å²) < 4.78 is 38.6. The molecule has 0 unspecified atom stereocenters. The summed E-state index contributed by atoms with van der Waals surface area (Å²) in [6.45, 7) is 6.31. The molecule has 2 aliphatic heterocycles. The number of aromatic hydroxyl groups is 1. The first kappa shape index (κ1) is 22.5. The summed E-state index contributed by atoms with van der Waals surface area (Å²) in [5.41, 5.74) is 1.73. The fourth-order valence-electron chi connectivity index (χ4n) is 4.14. The predicted molar refractivity (Wildman–Crippen MR) is 105 cm³/mol. The van der Waals surface area contributed by atoms with Crippen LogP contribution in [0.15, 0.2) is 17.2 Å². The van der Waals surface area contributed by atoms with Crippen molar-refractivity contribution < 1.29 is 27.8 Å². The van der Waals surface area contributed by atoms with Gasteiger partial charge in [0, 0.05) is 53.6 Å². The van der Waals surface area contributed by atoms with E-state index < -0.39 is 21.4 Å². The first-order valence-electron chi connectivity index (χ1n) is 9.16. The molecule has 1 fully saturated rings. The van der Waals surface area contributed by atoms with E-state index in [0.717, 1.165) is 0 Å². The molecule has 0 atom stereocenters. The maximum absolute atomic E-state index is 13.2. The molecule has 0 bridgehead atoms. The third-order valence-corrected chi connectivity index (χ3v) is 7.36. The molecular weight excluding hydrogens is 407 g/mol. The molecule has 2 aromatic rings. The van der Waals surface area contributed by atoms with Gasteiger partial charge in [-0.25, -0.2) is 13.1 Å². The van der Waals surface area contributed by atoms with Crippen LogP contribution in [0.1, 0.15) is 46.0 Å². The third kappa shape index (κ3) is 3.37. The Balaban J connectivity index is 0.00000240. The fraction of sp³-hybridized carbons (Fsp3) is 0.474. The summed E-state index contributed by atoms with van der Waals surface area (Å²) in [6, 6.07) is 1.56. The van der Waals surface area contributed by atoms with Gasteiger partial charge in [-0.3, -0.25) is 4.79 Å². The minimum atomic E-state index is -3.51. The van der Waals surface area contributed by atoms with Crippen LogP contribution in [0.3, 0.4) is 0 Å². The molecule has 1 N–H and O–H groups in total. The maximum Gasteiger partial charge on any atom is 0.220 e. The normalized spacial score (nSPS) is 19.0. The van der Waals surface area contributed by atoms with E-state index in [1.165, 1.54) is 10.9 Å². The van der Waals surface area contributed by atoms with Crippen LogP contribution in [-0.4, -0.2) is 77.6 Å². The molecule has 0 aliphatic carbocycles. The van der Waals surface area contributed by atoms with Gasteiger partial charge in [0.1, 0.15) is 5.56 Å². The van der Waals surface area contributed by atoms with E-state index in [1.54, 1.807) is 26.8 Å². The Morgan fingerprint density at radius 2 is 1.93 bits per heavy atom. The van der Waals surface area contributed by atoms with Gasteiger partial charge in [-0.2, -0.15) is 5.10 Å². The summed E-state index contributed by atoms with van der Waals surface area (Å²) in [6.07, 6.45) is 1.50. The van der Waals surface area contributed by atoms with Crippen molar-refractivity contribution in [3.05, 3.63) is 40.1 Å². The summed E-state index contributed by atoms with van der Waals surface area (Å²) >= 11 is 0. The number of aryl methyl sites for hydroxylation is 2. The number of nitrogens with zero attached hydrogens (tertiary/aromatic N) is 2. The quantitative estimate of drug-likeness (QED) is 0.581. The molecule has 4 rings (SSSR count). The van der Waals surface area contributed by atoms with Crippen LogP contribution >= 0.6 is 0 Å². The number of aromatic nitrogens is 2. The summed E-state index contributed by atoms with van der Waals surface area (Å²) in [7, 11) is -3.51. The van der Waals surface area contributed by atoms with Gasteiger partial charge in [-0.1, -0.05) is 0 Å². The number of benzene rings is 1. The standard InChI is InChI=1S/C19H22N2O6S.Na/c1-4-21-18(23)14(10-20-21)16(22)13-9-11(2)17-15(12(13)3)19(26-6-7-27-19)5-8-28(17,24)25;/h9-10,23H,4-8H2,1-3H3;. The van der Waals surface area contributed by atoms with Crippen LogP contribution in [0, 0.1) is 13.8 Å². The van der Waals surface area contributed by atoms with Crippen molar-refractivity contribution in [2.75, 3.05) is 19.0 Å². The SMILES string of the molecule is CCn1ncc(C(=O)c2cc(C)c3c(c2C)C2(CCS3(=O)=O)OCCO2)c1O.[Na]. The van der Waals surface area contributed by atoms with Crippen LogP contribution in [0.4, 0.5) is 0 Å².